The highest BCUT2D eigenvalue weighted by Gasteiger charge is 2.09. The van der Waals surface area contributed by atoms with E-state index in [2.05, 4.69) is 12.4 Å². The average Bonchev–Trinajstić information content (AvgIpc) is 2.05. The van der Waals surface area contributed by atoms with E-state index >= 15 is 0 Å². The molecule has 0 saturated heterocycles. The van der Waals surface area contributed by atoms with E-state index in [0.717, 1.165) is 6.04 Å². The predicted molar refractivity (Wildman–Crippen MR) is 46.6 cm³/mol. The molecule has 0 aliphatic heterocycles. The van der Waals surface area contributed by atoms with E-state index in [1.807, 2.05) is 0 Å². The second-order valence-corrected chi connectivity index (χ2v) is 2.91. The molecule has 1 rings (SSSR count). The SMILES string of the molecule is CNC1CCCCC1.O=C(O)O. The third-order valence-electron chi connectivity index (χ3n) is 2.01. The van der Waals surface area contributed by atoms with Crippen molar-refractivity contribution in [3.8, 4) is 0 Å². The summed E-state index contributed by atoms with van der Waals surface area (Å²) in [5, 5.41) is 17.2. The van der Waals surface area contributed by atoms with Crippen LogP contribution in [0.25, 0.3) is 0 Å². The maximum Gasteiger partial charge on any atom is 0.503 e. The Labute approximate surface area is 72.6 Å². The zero-order chi connectivity index (χ0) is 9.40. The third-order valence-corrected chi connectivity index (χ3v) is 2.01. The Kier molecular flexibility index (Phi) is 6.47. The van der Waals surface area contributed by atoms with Crippen LogP contribution in [0.2, 0.25) is 0 Å². The normalized spacial score (nSPS) is 17.8. The molecule has 1 aliphatic carbocycles. The van der Waals surface area contributed by atoms with Gasteiger partial charge in [0.1, 0.15) is 0 Å². The Balaban J connectivity index is 0.000000261. The summed E-state index contributed by atoms with van der Waals surface area (Å²) in [7, 11) is 2.07. The van der Waals surface area contributed by atoms with E-state index in [1.165, 1.54) is 32.1 Å². The van der Waals surface area contributed by atoms with Crippen LogP contribution in [-0.4, -0.2) is 29.5 Å². The van der Waals surface area contributed by atoms with Gasteiger partial charge in [-0.25, -0.2) is 4.79 Å². The van der Waals surface area contributed by atoms with Crippen LogP contribution in [0.1, 0.15) is 32.1 Å². The summed E-state index contributed by atoms with van der Waals surface area (Å²) in [5.41, 5.74) is 0. The van der Waals surface area contributed by atoms with Crippen molar-refractivity contribution in [2.75, 3.05) is 7.05 Å². The monoisotopic (exact) mass is 175 g/mol. The molecular formula is C8H17NO3. The minimum absolute atomic E-state index is 0.837. The summed E-state index contributed by atoms with van der Waals surface area (Å²) in [6.45, 7) is 0. The van der Waals surface area contributed by atoms with Gasteiger partial charge >= 0.3 is 6.16 Å². The lowest BCUT2D eigenvalue weighted by Crippen LogP contribution is -2.26. The molecule has 0 unspecified atom stereocenters. The lowest BCUT2D eigenvalue weighted by molar-refractivity contribution is 0.137. The number of rotatable bonds is 1. The highest BCUT2D eigenvalue weighted by atomic mass is 16.6. The topological polar surface area (TPSA) is 69.6 Å². The Hall–Kier alpha value is -0.770. The van der Waals surface area contributed by atoms with Crippen LogP contribution in [0.3, 0.4) is 0 Å². The van der Waals surface area contributed by atoms with Gasteiger partial charge in [-0.15, -0.1) is 0 Å². The maximum atomic E-state index is 8.56. The molecule has 4 heteroatoms. The van der Waals surface area contributed by atoms with Crippen LogP contribution in [-0.2, 0) is 0 Å². The van der Waals surface area contributed by atoms with Gasteiger partial charge in [0.25, 0.3) is 0 Å². The number of hydrogen-bond acceptors (Lipinski definition) is 2. The van der Waals surface area contributed by atoms with Crippen molar-refractivity contribution < 1.29 is 15.0 Å². The summed E-state index contributed by atoms with van der Waals surface area (Å²) in [4.78, 5) is 8.56. The lowest BCUT2D eigenvalue weighted by Gasteiger charge is -2.20. The molecule has 0 aromatic carbocycles. The van der Waals surface area contributed by atoms with Crippen LogP contribution in [0.5, 0.6) is 0 Å². The van der Waals surface area contributed by atoms with Crippen LogP contribution < -0.4 is 5.32 Å². The van der Waals surface area contributed by atoms with Crippen molar-refractivity contribution in [3.63, 3.8) is 0 Å². The van der Waals surface area contributed by atoms with E-state index in [0.29, 0.717) is 0 Å². The first-order valence-electron chi connectivity index (χ1n) is 4.26. The number of carboxylic acid groups (broad SMARTS) is 2. The molecule has 3 N–H and O–H groups in total. The van der Waals surface area contributed by atoms with Gasteiger partial charge in [0, 0.05) is 6.04 Å². The van der Waals surface area contributed by atoms with Crippen molar-refractivity contribution in [3.05, 3.63) is 0 Å². The number of carbonyl (C=O) groups is 1. The first-order chi connectivity index (χ1) is 5.66. The summed E-state index contributed by atoms with van der Waals surface area (Å²) in [5.74, 6) is 0. The van der Waals surface area contributed by atoms with Crippen LogP contribution in [0, 0.1) is 0 Å². The van der Waals surface area contributed by atoms with E-state index in [4.69, 9.17) is 15.0 Å². The second-order valence-electron chi connectivity index (χ2n) is 2.91. The van der Waals surface area contributed by atoms with E-state index in [-0.39, 0.29) is 0 Å². The van der Waals surface area contributed by atoms with Crippen LogP contribution >= 0.6 is 0 Å². The summed E-state index contributed by atoms with van der Waals surface area (Å²) >= 11 is 0. The van der Waals surface area contributed by atoms with Crippen molar-refractivity contribution in [2.45, 2.75) is 38.1 Å². The molecule has 1 fully saturated rings. The highest BCUT2D eigenvalue weighted by molar-refractivity contribution is 5.53. The molecule has 0 amide bonds. The van der Waals surface area contributed by atoms with Crippen molar-refractivity contribution >= 4 is 6.16 Å². The Bertz CT molecular complexity index is 117. The van der Waals surface area contributed by atoms with Gasteiger partial charge in [0.05, 0.1) is 0 Å². The Morgan fingerprint density at radius 3 is 1.92 bits per heavy atom. The minimum Gasteiger partial charge on any atom is -0.450 e. The van der Waals surface area contributed by atoms with Crippen molar-refractivity contribution in [2.24, 2.45) is 0 Å². The summed E-state index contributed by atoms with van der Waals surface area (Å²) in [6.07, 6.45) is 5.29. The molecule has 1 saturated carbocycles. The number of hydrogen-bond donors (Lipinski definition) is 3. The fraction of sp³-hybridized carbons (Fsp3) is 0.875. The third kappa shape index (κ3) is 7.34. The summed E-state index contributed by atoms with van der Waals surface area (Å²) < 4.78 is 0. The first kappa shape index (κ1) is 11.2. The predicted octanol–water partition coefficient (Wildman–Crippen LogP) is 1.76. The van der Waals surface area contributed by atoms with Crippen molar-refractivity contribution in [1.29, 1.82) is 0 Å². The molecule has 1 aliphatic rings. The molecule has 0 aromatic heterocycles. The van der Waals surface area contributed by atoms with Gasteiger partial charge in [0.2, 0.25) is 0 Å². The van der Waals surface area contributed by atoms with E-state index in [1.54, 1.807) is 0 Å². The zero-order valence-corrected chi connectivity index (χ0v) is 7.42. The van der Waals surface area contributed by atoms with E-state index in [9.17, 15) is 0 Å². The van der Waals surface area contributed by atoms with Crippen molar-refractivity contribution in [1.82, 2.24) is 5.32 Å². The van der Waals surface area contributed by atoms with E-state index < -0.39 is 6.16 Å². The molecule has 0 spiro atoms. The lowest BCUT2D eigenvalue weighted by atomic mass is 9.96. The molecule has 0 atom stereocenters. The molecule has 0 radical (unpaired) electrons. The van der Waals surface area contributed by atoms with Gasteiger partial charge < -0.3 is 15.5 Å². The van der Waals surface area contributed by atoms with Gasteiger partial charge in [-0.1, -0.05) is 19.3 Å². The van der Waals surface area contributed by atoms with Gasteiger partial charge in [-0.3, -0.25) is 0 Å². The van der Waals surface area contributed by atoms with Crippen LogP contribution in [0.4, 0.5) is 4.79 Å². The minimum atomic E-state index is -1.83. The number of nitrogens with one attached hydrogen (secondary N) is 1. The second kappa shape index (κ2) is 6.91. The smallest absolute Gasteiger partial charge is 0.450 e. The molecule has 0 aromatic rings. The van der Waals surface area contributed by atoms with Gasteiger partial charge in [0.15, 0.2) is 0 Å². The first-order valence-corrected chi connectivity index (χ1v) is 4.26. The Morgan fingerprint density at radius 1 is 1.25 bits per heavy atom. The largest absolute Gasteiger partial charge is 0.503 e. The Morgan fingerprint density at radius 2 is 1.67 bits per heavy atom. The fourth-order valence-corrected chi connectivity index (χ4v) is 1.39. The standard InChI is InChI=1S/C7H15N.CH2O3/c1-8-7-5-3-2-4-6-7;2-1(3)4/h7-8H,2-6H2,1H3;(H2,2,3,4). The average molecular weight is 175 g/mol. The maximum absolute atomic E-state index is 8.56. The quantitative estimate of drug-likeness (QED) is 0.568. The molecule has 0 bridgehead atoms. The highest BCUT2D eigenvalue weighted by Crippen LogP contribution is 2.16. The summed E-state index contributed by atoms with van der Waals surface area (Å²) in [6, 6.07) is 0.837. The van der Waals surface area contributed by atoms with Crippen LogP contribution in [0.15, 0.2) is 0 Å². The molecule has 72 valence electrons. The molecule has 4 nitrogen and oxygen atoms in total. The van der Waals surface area contributed by atoms with Gasteiger partial charge in [-0.2, -0.15) is 0 Å². The fourth-order valence-electron chi connectivity index (χ4n) is 1.39. The molecule has 0 heterocycles. The zero-order valence-electron chi connectivity index (χ0n) is 7.42. The molecule has 12 heavy (non-hydrogen) atoms. The molecular weight excluding hydrogens is 158 g/mol. The van der Waals surface area contributed by atoms with Gasteiger partial charge in [-0.05, 0) is 19.9 Å².